The minimum absolute atomic E-state index is 0. The van der Waals surface area contributed by atoms with Crippen molar-refractivity contribution in [2.24, 2.45) is 11.7 Å². The van der Waals surface area contributed by atoms with Crippen LogP contribution in [0.5, 0.6) is 0 Å². The zero-order valence-electron chi connectivity index (χ0n) is 15.7. The number of nitrogens with one attached hydrogen (secondary N) is 1. The van der Waals surface area contributed by atoms with Crippen LogP contribution in [0.2, 0.25) is 0 Å². The zero-order chi connectivity index (χ0) is 18.1. The van der Waals surface area contributed by atoms with Crippen LogP contribution in [0.4, 0.5) is 0 Å². The molecule has 1 amide bonds. The first kappa shape index (κ1) is 22.1. The Morgan fingerprint density at radius 2 is 2.00 bits per heavy atom. The minimum Gasteiger partial charge on any atom is -0.348 e. The highest BCUT2D eigenvalue weighted by Gasteiger charge is 2.32. The van der Waals surface area contributed by atoms with Gasteiger partial charge in [-0.05, 0) is 31.7 Å². The van der Waals surface area contributed by atoms with E-state index in [1.54, 1.807) is 6.20 Å². The normalized spacial score (nSPS) is 14.1. The Balaban J connectivity index is 0.00000140. The number of pyridine rings is 1. The molecule has 3 aromatic rings. The highest BCUT2D eigenvalue weighted by atomic mass is 35.5. The van der Waals surface area contributed by atoms with Crippen LogP contribution in [0.25, 0.3) is 22.3 Å². The SMILES string of the molecule is CCn1ncc2c(C(=O)NC(CN)C3CC3)cc(-c3ccccc3)nc21.Cl.Cl. The van der Waals surface area contributed by atoms with Crippen molar-refractivity contribution in [3.63, 3.8) is 0 Å². The number of hydrogen-bond acceptors (Lipinski definition) is 4. The molecule has 6 nitrogen and oxygen atoms in total. The number of carbonyl (C=O) groups is 1. The molecule has 1 aliphatic carbocycles. The molecule has 1 saturated carbocycles. The fourth-order valence-electron chi connectivity index (χ4n) is 3.34. The fraction of sp³-hybridized carbons (Fsp3) is 0.350. The molecule has 0 radical (unpaired) electrons. The number of hydrogen-bond donors (Lipinski definition) is 2. The largest absolute Gasteiger partial charge is 0.348 e. The molecule has 8 heteroatoms. The Hall–Kier alpha value is -2.15. The van der Waals surface area contributed by atoms with E-state index in [-0.39, 0.29) is 36.8 Å². The van der Waals surface area contributed by atoms with Gasteiger partial charge in [0.2, 0.25) is 0 Å². The van der Waals surface area contributed by atoms with Gasteiger partial charge in [0, 0.05) is 24.7 Å². The number of benzene rings is 1. The van der Waals surface area contributed by atoms with Crippen molar-refractivity contribution in [2.75, 3.05) is 6.54 Å². The molecule has 0 saturated heterocycles. The lowest BCUT2D eigenvalue weighted by Crippen LogP contribution is -2.41. The van der Waals surface area contributed by atoms with E-state index in [1.807, 2.05) is 48.0 Å². The first-order valence-electron chi connectivity index (χ1n) is 9.14. The van der Waals surface area contributed by atoms with Gasteiger partial charge in [0.1, 0.15) is 0 Å². The molecule has 0 spiro atoms. The topological polar surface area (TPSA) is 85.8 Å². The number of nitrogens with zero attached hydrogens (tertiary/aromatic N) is 3. The van der Waals surface area contributed by atoms with Crippen molar-refractivity contribution in [3.05, 3.63) is 48.2 Å². The van der Waals surface area contributed by atoms with Crippen molar-refractivity contribution in [3.8, 4) is 11.3 Å². The number of amides is 1. The summed E-state index contributed by atoms with van der Waals surface area (Å²) in [4.78, 5) is 17.8. The predicted octanol–water partition coefficient (Wildman–Crippen LogP) is 3.43. The Bertz CT molecular complexity index is 940. The van der Waals surface area contributed by atoms with Crippen LogP contribution >= 0.6 is 24.8 Å². The van der Waals surface area contributed by atoms with E-state index in [9.17, 15) is 4.79 Å². The summed E-state index contributed by atoms with van der Waals surface area (Å²) in [5.74, 6) is 0.404. The quantitative estimate of drug-likeness (QED) is 0.638. The van der Waals surface area contributed by atoms with Crippen LogP contribution in [0.1, 0.15) is 30.1 Å². The summed E-state index contributed by atoms with van der Waals surface area (Å²) in [6.45, 7) is 3.17. The number of fused-ring (bicyclic) bond motifs is 1. The third-order valence-electron chi connectivity index (χ3n) is 4.98. The van der Waals surface area contributed by atoms with E-state index < -0.39 is 0 Å². The summed E-state index contributed by atoms with van der Waals surface area (Å²) >= 11 is 0. The Morgan fingerprint density at radius 1 is 1.29 bits per heavy atom. The van der Waals surface area contributed by atoms with Crippen LogP contribution in [0.3, 0.4) is 0 Å². The molecule has 150 valence electrons. The summed E-state index contributed by atoms with van der Waals surface area (Å²) in [6, 6.07) is 11.8. The average Bonchev–Trinajstić information content (AvgIpc) is 3.44. The molecule has 1 aliphatic rings. The van der Waals surface area contributed by atoms with Gasteiger partial charge in [-0.2, -0.15) is 5.10 Å². The van der Waals surface area contributed by atoms with Gasteiger partial charge < -0.3 is 11.1 Å². The molecular weight excluding hydrogens is 397 g/mol. The van der Waals surface area contributed by atoms with Crippen molar-refractivity contribution in [1.82, 2.24) is 20.1 Å². The Kier molecular flexibility index (Phi) is 7.41. The van der Waals surface area contributed by atoms with Gasteiger partial charge in [-0.3, -0.25) is 4.79 Å². The highest BCUT2D eigenvalue weighted by molar-refractivity contribution is 6.06. The molecule has 2 aromatic heterocycles. The van der Waals surface area contributed by atoms with Gasteiger partial charge in [0.05, 0.1) is 22.8 Å². The van der Waals surface area contributed by atoms with Gasteiger partial charge in [0.25, 0.3) is 5.91 Å². The first-order valence-corrected chi connectivity index (χ1v) is 9.14. The molecule has 28 heavy (non-hydrogen) atoms. The number of halogens is 2. The third-order valence-corrected chi connectivity index (χ3v) is 4.98. The van der Waals surface area contributed by atoms with Gasteiger partial charge in [-0.25, -0.2) is 9.67 Å². The lowest BCUT2D eigenvalue weighted by molar-refractivity contribution is 0.0935. The van der Waals surface area contributed by atoms with Crippen molar-refractivity contribution >= 4 is 41.8 Å². The van der Waals surface area contributed by atoms with Crippen LogP contribution < -0.4 is 11.1 Å². The van der Waals surface area contributed by atoms with Crippen LogP contribution in [0.15, 0.2) is 42.6 Å². The fourth-order valence-corrected chi connectivity index (χ4v) is 3.34. The van der Waals surface area contributed by atoms with Crippen LogP contribution in [-0.2, 0) is 6.54 Å². The molecular formula is C20H25Cl2N5O. The van der Waals surface area contributed by atoms with E-state index in [1.165, 1.54) is 0 Å². The van der Waals surface area contributed by atoms with Gasteiger partial charge >= 0.3 is 0 Å². The second kappa shape index (κ2) is 9.37. The number of carbonyl (C=O) groups excluding carboxylic acids is 1. The lowest BCUT2D eigenvalue weighted by Gasteiger charge is -2.17. The predicted molar refractivity (Wildman–Crippen MR) is 116 cm³/mol. The number of nitrogens with two attached hydrogens (primary N) is 1. The maximum atomic E-state index is 13.0. The molecule has 1 atom stereocenters. The maximum Gasteiger partial charge on any atom is 0.252 e. The molecule has 4 rings (SSSR count). The summed E-state index contributed by atoms with van der Waals surface area (Å²) < 4.78 is 1.82. The maximum absolute atomic E-state index is 13.0. The first-order chi connectivity index (χ1) is 12.7. The van der Waals surface area contributed by atoms with Gasteiger partial charge in [-0.15, -0.1) is 24.8 Å². The summed E-state index contributed by atoms with van der Waals surface area (Å²) in [5, 5.41) is 8.28. The molecule has 2 heterocycles. The van der Waals surface area contributed by atoms with Gasteiger partial charge in [-0.1, -0.05) is 30.3 Å². The van der Waals surface area contributed by atoms with Gasteiger partial charge in [0.15, 0.2) is 5.65 Å². The van der Waals surface area contributed by atoms with Crippen molar-refractivity contribution in [1.29, 1.82) is 0 Å². The van der Waals surface area contributed by atoms with E-state index in [2.05, 4.69) is 10.4 Å². The van der Waals surface area contributed by atoms with Crippen molar-refractivity contribution < 1.29 is 4.79 Å². The second-order valence-corrected chi connectivity index (χ2v) is 6.77. The molecule has 0 aliphatic heterocycles. The number of aromatic nitrogens is 3. The molecule has 1 unspecified atom stereocenters. The number of rotatable bonds is 6. The lowest BCUT2D eigenvalue weighted by atomic mass is 10.1. The smallest absolute Gasteiger partial charge is 0.252 e. The Morgan fingerprint density at radius 3 is 2.61 bits per heavy atom. The van der Waals surface area contributed by atoms with E-state index in [0.29, 0.717) is 24.6 Å². The highest BCUT2D eigenvalue weighted by Crippen LogP contribution is 2.32. The molecule has 1 aromatic carbocycles. The minimum atomic E-state index is -0.104. The number of aryl methyl sites for hydroxylation is 1. The molecule has 3 N–H and O–H groups in total. The van der Waals surface area contributed by atoms with Crippen molar-refractivity contribution in [2.45, 2.75) is 32.4 Å². The standard InChI is InChI=1S/C20H23N5O.2ClH/c1-2-25-19-16(12-22-25)15(20(26)24-18(11-21)14-8-9-14)10-17(23-19)13-6-4-3-5-7-13;;/h3-7,10,12,14,18H,2,8-9,11,21H2,1H3,(H,24,26);2*1H. The monoisotopic (exact) mass is 421 g/mol. The second-order valence-electron chi connectivity index (χ2n) is 6.77. The molecule has 1 fully saturated rings. The van der Waals surface area contributed by atoms with Crippen LogP contribution in [0, 0.1) is 5.92 Å². The summed E-state index contributed by atoms with van der Waals surface area (Å²) in [5.41, 5.74) is 8.94. The summed E-state index contributed by atoms with van der Waals surface area (Å²) in [6.07, 6.45) is 4.00. The average molecular weight is 422 g/mol. The Labute approximate surface area is 176 Å². The molecule has 0 bridgehead atoms. The van der Waals surface area contributed by atoms with E-state index in [0.717, 1.165) is 35.1 Å². The van der Waals surface area contributed by atoms with E-state index >= 15 is 0 Å². The summed E-state index contributed by atoms with van der Waals surface area (Å²) in [7, 11) is 0. The van der Waals surface area contributed by atoms with E-state index in [4.69, 9.17) is 10.7 Å². The third kappa shape index (κ3) is 4.29. The zero-order valence-corrected chi connectivity index (χ0v) is 17.3. The van der Waals surface area contributed by atoms with Crippen LogP contribution in [-0.4, -0.2) is 33.3 Å².